The highest BCUT2D eigenvalue weighted by molar-refractivity contribution is 14.1. The molecule has 0 aromatic heterocycles. The molecule has 0 aliphatic carbocycles. The first-order valence-corrected chi connectivity index (χ1v) is 11.3. The molecule has 29 heavy (non-hydrogen) atoms. The van der Waals surface area contributed by atoms with Gasteiger partial charge >= 0.3 is 6.18 Å². The Bertz CT molecular complexity index is 979. The maximum absolute atomic E-state index is 13.9. The Labute approximate surface area is 183 Å². The van der Waals surface area contributed by atoms with Gasteiger partial charge in [-0.15, -0.1) is 0 Å². The van der Waals surface area contributed by atoms with Crippen LogP contribution in [-0.2, 0) is 10.0 Å². The number of nitrogens with one attached hydrogen (secondary N) is 1. The molecule has 2 aromatic carbocycles. The number of alkyl halides is 4. The van der Waals surface area contributed by atoms with Crippen LogP contribution in [0.25, 0.3) is 0 Å². The van der Waals surface area contributed by atoms with E-state index in [-0.39, 0.29) is 4.90 Å². The zero-order valence-corrected chi connectivity index (χ0v) is 19.7. The van der Waals surface area contributed by atoms with Crippen molar-refractivity contribution >= 4 is 32.6 Å². The monoisotopic (exact) mass is 541 g/mol. The molecule has 1 N–H and O–H groups in total. The van der Waals surface area contributed by atoms with Crippen molar-refractivity contribution < 1.29 is 26.3 Å². The lowest BCUT2D eigenvalue weighted by molar-refractivity contribution is -0.163. The fraction of sp³-hybridized carbons (Fsp3) is 0.400. The van der Waals surface area contributed by atoms with E-state index in [9.17, 15) is 21.6 Å². The maximum Gasteiger partial charge on any atom is 0.420 e. The quantitative estimate of drug-likeness (QED) is 0.308. The average molecular weight is 541 g/mol. The number of para-hydroxylation sites is 1. The Hall–Kier alpha value is -1.33. The third kappa shape index (κ3) is 5.24. The molecule has 0 aliphatic heterocycles. The summed E-state index contributed by atoms with van der Waals surface area (Å²) in [6.45, 7) is 7.43. The van der Waals surface area contributed by atoms with E-state index in [1.165, 1.54) is 0 Å². The van der Waals surface area contributed by atoms with Crippen LogP contribution in [0, 0.1) is 34.6 Å². The van der Waals surface area contributed by atoms with Crippen LogP contribution in [0.3, 0.4) is 0 Å². The van der Waals surface area contributed by atoms with Gasteiger partial charge in [0.15, 0.2) is 0 Å². The first-order chi connectivity index (χ1) is 13.2. The van der Waals surface area contributed by atoms with Crippen LogP contribution >= 0.6 is 22.6 Å². The zero-order chi connectivity index (χ0) is 22.2. The lowest BCUT2D eigenvalue weighted by atomic mass is 10.1. The number of ether oxygens (including phenoxy) is 1. The highest BCUT2D eigenvalue weighted by Gasteiger charge is 2.56. The molecule has 0 saturated heterocycles. The molecule has 2 aromatic rings. The molecule has 160 valence electrons. The topological polar surface area (TPSA) is 55.4 Å². The van der Waals surface area contributed by atoms with Crippen molar-refractivity contribution in [1.82, 2.24) is 4.72 Å². The van der Waals surface area contributed by atoms with Crippen molar-refractivity contribution in [3.05, 3.63) is 58.1 Å². The predicted molar refractivity (Wildman–Crippen MR) is 115 cm³/mol. The first-order valence-electron chi connectivity index (χ1n) is 8.74. The summed E-state index contributed by atoms with van der Waals surface area (Å²) in [5, 5.41) is 0. The van der Waals surface area contributed by atoms with Crippen LogP contribution in [-0.4, -0.2) is 24.7 Å². The lowest BCUT2D eigenvalue weighted by Gasteiger charge is -2.31. The average Bonchev–Trinajstić information content (AvgIpc) is 2.51. The molecule has 0 heterocycles. The van der Waals surface area contributed by atoms with Crippen LogP contribution in [0.2, 0.25) is 0 Å². The number of aryl methyl sites for hydroxylation is 5. The van der Waals surface area contributed by atoms with Crippen LogP contribution in [0.4, 0.5) is 13.2 Å². The number of hydrogen-bond donors (Lipinski definition) is 1. The van der Waals surface area contributed by atoms with Gasteiger partial charge in [-0.1, -0.05) is 35.9 Å². The summed E-state index contributed by atoms with van der Waals surface area (Å²) in [5.41, 5.74) is 2.92. The molecule has 0 saturated carbocycles. The molecular formula is C20H23F3INO3S. The Morgan fingerprint density at radius 1 is 0.966 bits per heavy atom. The molecule has 0 fully saturated rings. The third-order valence-corrected chi connectivity index (χ3v) is 7.80. The fourth-order valence-corrected chi connectivity index (χ4v) is 5.92. The van der Waals surface area contributed by atoms with Gasteiger partial charge in [0.25, 0.3) is 0 Å². The van der Waals surface area contributed by atoms with Gasteiger partial charge < -0.3 is 4.74 Å². The van der Waals surface area contributed by atoms with Crippen LogP contribution < -0.4 is 9.46 Å². The van der Waals surface area contributed by atoms with E-state index in [1.54, 1.807) is 65.0 Å². The molecule has 0 bridgehead atoms. The summed E-state index contributed by atoms with van der Waals surface area (Å²) in [6, 6.07) is 8.45. The maximum atomic E-state index is 13.9. The van der Waals surface area contributed by atoms with E-state index in [0.717, 1.165) is 28.2 Å². The Morgan fingerprint density at radius 3 is 1.90 bits per heavy atom. The van der Waals surface area contributed by atoms with Gasteiger partial charge in [0.05, 0.1) is 4.90 Å². The van der Waals surface area contributed by atoms with E-state index in [2.05, 4.69) is 0 Å². The Balaban J connectivity index is 2.43. The fourth-order valence-electron chi connectivity index (χ4n) is 3.22. The largest absolute Gasteiger partial charge is 0.490 e. The van der Waals surface area contributed by atoms with Gasteiger partial charge in [-0.3, -0.25) is 0 Å². The molecule has 1 unspecified atom stereocenters. The van der Waals surface area contributed by atoms with Gasteiger partial charge in [0.2, 0.25) is 13.6 Å². The number of halogens is 4. The van der Waals surface area contributed by atoms with Crippen molar-refractivity contribution in [2.45, 2.75) is 49.2 Å². The molecule has 1 atom stereocenters. The lowest BCUT2D eigenvalue weighted by Crippen LogP contribution is -2.57. The summed E-state index contributed by atoms with van der Waals surface area (Å²) in [6.07, 6.45) is -4.89. The second kappa shape index (κ2) is 8.43. The van der Waals surface area contributed by atoms with E-state index in [4.69, 9.17) is 4.74 Å². The minimum atomic E-state index is -4.89. The molecular weight excluding hydrogens is 518 g/mol. The van der Waals surface area contributed by atoms with Crippen LogP contribution in [0.5, 0.6) is 5.75 Å². The van der Waals surface area contributed by atoms with Gasteiger partial charge in [0.1, 0.15) is 12.4 Å². The molecule has 0 radical (unpaired) electrons. The molecule has 2 rings (SSSR count). The zero-order valence-electron chi connectivity index (χ0n) is 16.7. The Kier molecular flexibility index (Phi) is 6.96. The number of sulfonamides is 1. The van der Waals surface area contributed by atoms with Gasteiger partial charge in [-0.2, -0.15) is 17.9 Å². The summed E-state index contributed by atoms with van der Waals surface area (Å²) in [4.78, 5) is -0.152. The molecule has 0 amide bonds. The smallest absolute Gasteiger partial charge is 0.420 e. The molecule has 4 nitrogen and oxygen atoms in total. The second-order valence-corrected chi connectivity index (χ2v) is 10.6. The highest BCUT2D eigenvalue weighted by Crippen LogP contribution is 2.39. The molecule has 0 aliphatic rings. The minimum absolute atomic E-state index is 0.152. The van der Waals surface area contributed by atoms with E-state index >= 15 is 0 Å². The van der Waals surface area contributed by atoms with Crippen molar-refractivity contribution in [2.75, 3.05) is 6.61 Å². The summed E-state index contributed by atoms with van der Waals surface area (Å²) >= 11 is 1.07. The molecule has 0 spiro atoms. The SMILES string of the molecule is Cc1cc(C)c(S(=O)(=O)NC(I)(COc2c(C)cccc2C)C(F)(F)F)c(C)c1. The summed E-state index contributed by atoms with van der Waals surface area (Å²) in [5.74, 6) is 0.305. The molecule has 9 heteroatoms. The van der Waals surface area contributed by atoms with Gasteiger partial charge in [-0.05, 0) is 79.5 Å². The predicted octanol–water partition coefficient (Wildman–Crippen LogP) is 5.28. The van der Waals surface area contributed by atoms with Crippen LogP contribution in [0.1, 0.15) is 27.8 Å². The van der Waals surface area contributed by atoms with Gasteiger partial charge in [-0.25, -0.2) is 8.42 Å². The first kappa shape index (κ1) is 23.9. The van der Waals surface area contributed by atoms with Crippen molar-refractivity contribution in [3.63, 3.8) is 0 Å². The van der Waals surface area contributed by atoms with E-state index < -0.39 is 26.4 Å². The van der Waals surface area contributed by atoms with Gasteiger partial charge in [0, 0.05) is 0 Å². The number of hydrogen-bond acceptors (Lipinski definition) is 3. The Morgan fingerprint density at radius 2 is 1.45 bits per heavy atom. The third-order valence-electron chi connectivity index (χ3n) is 4.44. The standard InChI is InChI=1S/C20H23F3INO3S/c1-12-9-15(4)18(16(5)10-12)29(26,27)25-19(24,20(21,22)23)11-28-17-13(2)7-6-8-14(17)3/h6-10,25H,11H2,1-5H3. The minimum Gasteiger partial charge on any atom is -0.490 e. The van der Waals surface area contributed by atoms with Crippen LogP contribution in [0.15, 0.2) is 35.2 Å². The van der Waals surface area contributed by atoms with E-state index in [1.807, 2.05) is 4.72 Å². The van der Waals surface area contributed by atoms with Crippen molar-refractivity contribution in [3.8, 4) is 5.75 Å². The normalized spacial score (nSPS) is 14.5. The van der Waals surface area contributed by atoms with E-state index in [0.29, 0.717) is 28.0 Å². The summed E-state index contributed by atoms with van der Waals surface area (Å²) in [7, 11) is -4.46. The summed E-state index contributed by atoms with van der Waals surface area (Å²) < 4.78 is 72.0. The highest BCUT2D eigenvalue weighted by atomic mass is 127. The van der Waals surface area contributed by atoms with Crippen molar-refractivity contribution in [1.29, 1.82) is 0 Å². The number of benzene rings is 2. The number of rotatable bonds is 6. The van der Waals surface area contributed by atoms with Crippen molar-refractivity contribution in [2.24, 2.45) is 0 Å². The second-order valence-electron chi connectivity index (χ2n) is 7.14.